The Labute approximate surface area is 106 Å². The van der Waals surface area contributed by atoms with E-state index in [-0.39, 0.29) is 5.82 Å². The minimum absolute atomic E-state index is 0.273. The fourth-order valence-corrected chi connectivity index (χ4v) is 2.00. The molecule has 2 N–H and O–H groups in total. The normalized spacial score (nSPS) is 10.8. The molecule has 18 heavy (non-hydrogen) atoms. The summed E-state index contributed by atoms with van der Waals surface area (Å²) >= 11 is 0. The third-order valence-corrected chi connectivity index (χ3v) is 3.10. The molecule has 3 nitrogen and oxygen atoms in total. The first-order chi connectivity index (χ1) is 8.65. The molecular weight excluding hydrogens is 229 g/mol. The number of halogens is 1. The van der Waals surface area contributed by atoms with Crippen molar-refractivity contribution >= 4 is 5.69 Å². The standard InChI is InChI=1S/C14H18FN3/c1-3-10-8-11(4-2)18(17-10)9-12-13(15)6-5-7-14(12)16/h5-8H,3-4,9,16H2,1-2H3. The van der Waals surface area contributed by atoms with Gasteiger partial charge in [0.2, 0.25) is 0 Å². The second-order valence-corrected chi connectivity index (χ2v) is 4.30. The number of nitrogen functional groups attached to an aromatic ring is 1. The molecule has 1 aromatic heterocycles. The number of benzene rings is 1. The van der Waals surface area contributed by atoms with E-state index in [1.807, 2.05) is 4.68 Å². The van der Waals surface area contributed by atoms with Crippen molar-refractivity contribution in [2.75, 3.05) is 5.73 Å². The van der Waals surface area contributed by atoms with Crippen LogP contribution in [0.25, 0.3) is 0 Å². The quantitative estimate of drug-likeness (QED) is 0.844. The van der Waals surface area contributed by atoms with Crippen molar-refractivity contribution in [3.8, 4) is 0 Å². The average Bonchev–Trinajstić information content (AvgIpc) is 2.76. The van der Waals surface area contributed by atoms with E-state index in [2.05, 4.69) is 25.0 Å². The van der Waals surface area contributed by atoms with Crippen LogP contribution in [-0.4, -0.2) is 9.78 Å². The molecule has 1 aromatic carbocycles. The van der Waals surface area contributed by atoms with Crippen LogP contribution < -0.4 is 5.73 Å². The van der Waals surface area contributed by atoms with Gasteiger partial charge in [-0.25, -0.2) is 4.39 Å². The molecule has 0 saturated heterocycles. The number of aromatic nitrogens is 2. The van der Waals surface area contributed by atoms with Crippen LogP contribution >= 0.6 is 0 Å². The van der Waals surface area contributed by atoms with Gasteiger partial charge >= 0.3 is 0 Å². The second kappa shape index (κ2) is 5.21. The van der Waals surface area contributed by atoms with Crippen LogP contribution in [-0.2, 0) is 19.4 Å². The van der Waals surface area contributed by atoms with E-state index in [0.717, 1.165) is 24.2 Å². The lowest BCUT2D eigenvalue weighted by Gasteiger charge is -2.09. The van der Waals surface area contributed by atoms with Crippen LogP contribution in [0.2, 0.25) is 0 Å². The highest BCUT2D eigenvalue weighted by Crippen LogP contribution is 2.18. The van der Waals surface area contributed by atoms with Gasteiger partial charge in [-0.3, -0.25) is 4.68 Å². The lowest BCUT2D eigenvalue weighted by atomic mass is 10.1. The SMILES string of the molecule is CCc1cc(CC)n(Cc2c(N)cccc2F)n1. The molecule has 2 aromatic rings. The first-order valence-electron chi connectivity index (χ1n) is 6.24. The Bertz CT molecular complexity index is 526. The Hall–Kier alpha value is -1.84. The highest BCUT2D eigenvalue weighted by atomic mass is 19.1. The molecule has 0 bridgehead atoms. The van der Waals surface area contributed by atoms with Crippen LogP contribution in [0.5, 0.6) is 0 Å². The predicted molar refractivity (Wildman–Crippen MR) is 70.9 cm³/mol. The third-order valence-electron chi connectivity index (χ3n) is 3.10. The zero-order chi connectivity index (χ0) is 13.1. The third kappa shape index (κ3) is 2.37. The summed E-state index contributed by atoms with van der Waals surface area (Å²) in [5.74, 6) is -0.273. The first kappa shape index (κ1) is 12.6. The molecular formula is C14H18FN3. The topological polar surface area (TPSA) is 43.8 Å². The number of hydrogen-bond donors (Lipinski definition) is 1. The number of nitrogens with two attached hydrogens (primary N) is 1. The lowest BCUT2D eigenvalue weighted by molar-refractivity contribution is 0.575. The largest absolute Gasteiger partial charge is 0.398 e. The van der Waals surface area contributed by atoms with E-state index in [9.17, 15) is 4.39 Å². The summed E-state index contributed by atoms with van der Waals surface area (Å²) in [7, 11) is 0. The molecule has 0 unspecified atom stereocenters. The van der Waals surface area contributed by atoms with Gasteiger partial charge in [0.15, 0.2) is 0 Å². The van der Waals surface area contributed by atoms with Gasteiger partial charge in [-0.05, 0) is 31.0 Å². The van der Waals surface area contributed by atoms with Gasteiger partial charge in [0.05, 0.1) is 12.2 Å². The van der Waals surface area contributed by atoms with E-state index in [0.29, 0.717) is 17.8 Å². The van der Waals surface area contributed by atoms with Crippen LogP contribution in [0.15, 0.2) is 24.3 Å². The summed E-state index contributed by atoms with van der Waals surface area (Å²) in [4.78, 5) is 0. The van der Waals surface area contributed by atoms with Crippen LogP contribution in [0.1, 0.15) is 30.8 Å². The molecule has 0 aliphatic rings. The lowest BCUT2D eigenvalue weighted by Crippen LogP contribution is -2.09. The predicted octanol–water partition coefficient (Wildman–Crippen LogP) is 2.78. The Kier molecular flexibility index (Phi) is 3.65. The monoisotopic (exact) mass is 247 g/mol. The maximum Gasteiger partial charge on any atom is 0.130 e. The zero-order valence-corrected chi connectivity index (χ0v) is 10.8. The summed E-state index contributed by atoms with van der Waals surface area (Å²) in [6, 6.07) is 6.84. The highest BCUT2D eigenvalue weighted by Gasteiger charge is 2.11. The molecule has 0 atom stereocenters. The fourth-order valence-electron chi connectivity index (χ4n) is 2.00. The number of nitrogens with zero attached hydrogens (tertiary/aromatic N) is 2. The summed E-state index contributed by atoms with van der Waals surface area (Å²) < 4.78 is 15.6. The van der Waals surface area contributed by atoms with Crippen LogP contribution in [0.4, 0.5) is 10.1 Å². The Balaban J connectivity index is 2.36. The molecule has 0 amide bonds. The minimum atomic E-state index is -0.273. The van der Waals surface area contributed by atoms with Crippen molar-refractivity contribution in [1.82, 2.24) is 9.78 Å². The van der Waals surface area contributed by atoms with Crippen molar-refractivity contribution in [3.05, 3.63) is 47.0 Å². The molecule has 0 fully saturated rings. The molecule has 4 heteroatoms. The smallest absolute Gasteiger partial charge is 0.130 e. The van der Waals surface area contributed by atoms with Crippen molar-refractivity contribution in [2.45, 2.75) is 33.2 Å². The van der Waals surface area contributed by atoms with Crippen molar-refractivity contribution in [3.63, 3.8) is 0 Å². The second-order valence-electron chi connectivity index (χ2n) is 4.30. The highest BCUT2D eigenvalue weighted by molar-refractivity contribution is 5.47. The van der Waals surface area contributed by atoms with Crippen molar-refractivity contribution in [2.24, 2.45) is 0 Å². The van der Waals surface area contributed by atoms with Gasteiger partial charge in [-0.2, -0.15) is 5.10 Å². The first-order valence-corrected chi connectivity index (χ1v) is 6.24. The van der Waals surface area contributed by atoms with Gasteiger partial charge in [0.1, 0.15) is 5.82 Å². The van der Waals surface area contributed by atoms with Crippen LogP contribution in [0, 0.1) is 5.82 Å². The molecule has 1 heterocycles. The number of hydrogen-bond acceptors (Lipinski definition) is 2. The fraction of sp³-hybridized carbons (Fsp3) is 0.357. The minimum Gasteiger partial charge on any atom is -0.398 e. The van der Waals surface area contributed by atoms with Gasteiger partial charge in [-0.1, -0.05) is 19.9 Å². The van der Waals surface area contributed by atoms with E-state index < -0.39 is 0 Å². The zero-order valence-electron chi connectivity index (χ0n) is 10.8. The maximum atomic E-state index is 13.7. The molecule has 2 rings (SSSR count). The molecule has 0 aliphatic carbocycles. The Morgan fingerprint density at radius 1 is 1.28 bits per heavy atom. The Morgan fingerprint density at radius 3 is 2.67 bits per heavy atom. The number of aryl methyl sites for hydroxylation is 2. The van der Waals surface area contributed by atoms with Crippen molar-refractivity contribution < 1.29 is 4.39 Å². The van der Waals surface area contributed by atoms with Crippen LogP contribution in [0.3, 0.4) is 0 Å². The molecule has 96 valence electrons. The summed E-state index contributed by atoms with van der Waals surface area (Å²) in [5, 5.41) is 4.47. The Morgan fingerprint density at radius 2 is 2.06 bits per heavy atom. The van der Waals surface area contributed by atoms with Crippen molar-refractivity contribution in [1.29, 1.82) is 0 Å². The molecule has 0 aliphatic heterocycles. The summed E-state index contributed by atoms with van der Waals surface area (Å²) in [6.07, 6.45) is 1.76. The van der Waals surface area contributed by atoms with E-state index >= 15 is 0 Å². The average molecular weight is 247 g/mol. The van der Waals surface area contributed by atoms with E-state index in [4.69, 9.17) is 5.73 Å². The molecule has 0 radical (unpaired) electrons. The van der Waals surface area contributed by atoms with E-state index in [1.165, 1.54) is 6.07 Å². The van der Waals surface area contributed by atoms with E-state index in [1.54, 1.807) is 12.1 Å². The molecule has 0 spiro atoms. The number of anilines is 1. The summed E-state index contributed by atoms with van der Waals surface area (Å²) in [5.41, 5.74) is 8.94. The van der Waals surface area contributed by atoms with Gasteiger partial charge < -0.3 is 5.73 Å². The maximum absolute atomic E-state index is 13.7. The van der Waals surface area contributed by atoms with Gasteiger partial charge in [0, 0.05) is 16.9 Å². The molecule has 0 saturated carbocycles. The van der Waals surface area contributed by atoms with Gasteiger partial charge in [-0.15, -0.1) is 0 Å². The van der Waals surface area contributed by atoms with Gasteiger partial charge in [0.25, 0.3) is 0 Å². The summed E-state index contributed by atoms with van der Waals surface area (Å²) in [6.45, 7) is 4.52. The number of rotatable bonds is 4.